The fraction of sp³-hybridized carbons (Fsp3) is 0.591. The van der Waals surface area contributed by atoms with Gasteiger partial charge in [-0.25, -0.2) is 9.18 Å². The van der Waals surface area contributed by atoms with Gasteiger partial charge in [0.25, 0.3) is 5.91 Å². The van der Waals surface area contributed by atoms with Crippen LogP contribution in [0.15, 0.2) is 24.3 Å². The van der Waals surface area contributed by atoms with E-state index in [1.54, 1.807) is 4.90 Å². The van der Waals surface area contributed by atoms with Crippen LogP contribution in [0.5, 0.6) is 0 Å². The monoisotopic (exact) mass is 420 g/mol. The van der Waals surface area contributed by atoms with Gasteiger partial charge >= 0.3 is 6.03 Å². The number of urea groups is 1. The van der Waals surface area contributed by atoms with Crippen LogP contribution in [-0.2, 0) is 4.79 Å². The first-order valence-corrected chi connectivity index (χ1v) is 10.4. The molecule has 0 radical (unpaired) electrons. The van der Waals surface area contributed by atoms with E-state index in [1.165, 1.54) is 24.3 Å². The number of halogens is 1. The van der Waals surface area contributed by atoms with Crippen molar-refractivity contribution in [2.45, 2.75) is 65.1 Å². The lowest BCUT2D eigenvalue weighted by atomic mass is 9.88. The third-order valence-electron chi connectivity index (χ3n) is 4.89. The molecule has 1 aliphatic rings. The van der Waals surface area contributed by atoms with Gasteiger partial charge in [0, 0.05) is 30.2 Å². The van der Waals surface area contributed by atoms with Crippen molar-refractivity contribution in [3.05, 3.63) is 35.6 Å². The Hall–Kier alpha value is -2.64. The molecule has 0 aromatic heterocycles. The summed E-state index contributed by atoms with van der Waals surface area (Å²) in [5.74, 6) is -1.21. The molecule has 1 saturated heterocycles. The lowest BCUT2D eigenvalue weighted by Crippen LogP contribution is -2.56. The third-order valence-corrected chi connectivity index (χ3v) is 4.89. The minimum atomic E-state index is -0.724. The predicted molar refractivity (Wildman–Crippen MR) is 114 cm³/mol. The fourth-order valence-electron chi connectivity index (χ4n) is 3.43. The Morgan fingerprint density at radius 1 is 1.03 bits per heavy atom. The lowest BCUT2D eigenvalue weighted by Gasteiger charge is -2.37. The quantitative estimate of drug-likeness (QED) is 0.684. The van der Waals surface area contributed by atoms with Crippen LogP contribution >= 0.6 is 0 Å². The molecular formula is C22H33FN4O3. The number of hydrogen-bond donors (Lipinski definition) is 3. The van der Waals surface area contributed by atoms with Crippen molar-refractivity contribution < 1.29 is 18.8 Å². The summed E-state index contributed by atoms with van der Waals surface area (Å²) in [6, 6.07) is 4.29. The summed E-state index contributed by atoms with van der Waals surface area (Å²) < 4.78 is 13.1. The molecule has 8 heteroatoms. The number of hydrogen-bond acceptors (Lipinski definition) is 3. The Morgan fingerprint density at radius 3 is 2.10 bits per heavy atom. The van der Waals surface area contributed by atoms with Crippen LogP contribution in [0.3, 0.4) is 0 Å². The van der Waals surface area contributed by atoms with Crippen molar-refractivity contribution in [1.82, 2.24) is 20.9 Å². The van der Waals surface area contributed by atoms with Gasteiger partial charge < -0.3 is 20.9 Å². The molecule has 2 rings (SSSR count). The lowest BCUT2D eigenvalue weighted by molar-refractivity contribution is -0.125. The number of rotatable bonds is 5. The summed E-state index contributed by atoms with van der Waals surface area (Å²) in [6.45, 7) is 10.5. The van der Waals surface area contributed by atoms with Crippen LogP contribution < -0.4 is 16.0 Å². The highest BCUT2D eigenvalue weighted by molar-refractivity contribution is 5.97. The van der Waals surface area contributed by atoms with Crippen LogP contribution in [0.2, 0.25) is 0 Å². The van der Waals surface area contributed by atoms with Gasteiger partial charge in [0.15, 0.2) is 0 Å². The van der Waals surface area contributed by atoms with E-state index in [9.17, 15) is 18.8 Å². The Morgan fingerprint density at radius 2 is 1.60 bits per heavy atom. The van der Waals surface area contributed by atoms with Crippen LogP contribution in [0.1, 0.15) is 57.8 Å². The summed E-state index contributed by atoms with van der Waals surface area (Å²) >= 11 is 0. The number of piperidine rings is 1. The molecule has 1 atom stereocenters. The fourth-order valence-corrected chi connectivity index (χ4v) is 3.43. The normalized spacial score (nSPS) is 16.2. The third kappa shape index (κ3) is 7.00. The van der Waals surface area contributed by atoms with Crippen molar-refractivity contribution >= 4 is 17.8 Å². The molecule has 1 aromatic rings. The van der Waals surface area contributed by atoms with Gasteiger partial charge in [0.2, 0.25) is 5.91 Å². The maximum atomic E-state index is 13.1. The zero-order valence-electron chi connectivity index (χ0n) is 18.4. The molecule has 4 amide bonds. The number of likely N-dealkylation sites (tertiary alicyclic amines) is 1. The van der Waals surface area contributed by atoms with E-state index in [-0.39, 0.29) is 29.4 Å². The van der Waals surface area contributed by atoms with E-state index < -0.39 is 17.8 Å². The van der Waals surface area contributed by atoms with Crippen molar-refractivity contribution in [2.24, 2.45) is 5.92 Å². The molecule has 1 fully saturated rings. The minimum Gasteiger partial charge on any atom is -0.352 e. The first kappa shape index (κ1) is 23.6. The van der Waals surface area contributed by atoms with Gasteiger partial charge in [-0.3, -0.25) is 9.59 Å². The van der Waals surface area contributed by atoms with Crippen LogP contribution in [-0.4, -0.2) is 53.5 Å². The second-order valence-corrected chi connectivity index (χ2v) is 9.13. The van der Waals surface area contributed by atoms with Crippen LogP contribution in [0.4, 0.5) is 9.18 Å². The maximum absolute atomic E-state index is 13.1. The molecule has 1 heterocycles. The van der Waals surface area contributed by atoms with E-state index >= 15 is 0 Å². The number of nitrogens with one attached hydrogen (secondary N) is 3. The Balaban J connectivity index is 2.06. The molecule has 3 N–H and O–H groups in total. The second-order valence-electron chi connectivity index (χ2n) is 9.13. The van der Waals surface area contributed by atoms with Crippen LogP contribution in [0.25, 0.3) is 0 Å². The molecular weight excluding hydrogens is 387 g/mol. The Bertz CT molecular complexity index is 751. The Kier molecular flexibility index (Phi) is 7.81. The number of carbonyl (C=O) groups is 3. The second kappa shape index (κ2) is 9.91. The van der Waals surface area contributed by atoms with E-state index in [1.807, 2.05) is 34.6 Å². The summed E-state index contributed by atoms with van der Waals surface area (Å²) in [6.07, 6.45) is 1.19. The molecule has 0 unspecified atom stereocenters. The van der Waals surface area contributed by atoms with E-state index in [0.717, 1.165) is 0 Å². The standard InChI is InChI=1S/C22H33FN4O3/c1-14(2)24-20(29)18(25-19(28)16-6-8-17(23)9-7-16)15-10-12-27(13-11-15)21(30)26-22(3,4)5/h6-9,14-15,18H,10-13H2,1-5H3,(H,24,29)(H,25,28)(H,26,30)/t18-/m1/s1. The van der Waals surface area contributed by atoms with E-state index in [0.29, 0.717) is 31.5 Å². The highest BCUT2D eigenvalue weighted by Crippen LogP contribution is 2.22. The van der Waals surface area contributed by atoms with Gasteiger partial charge in [-0.15, -0.1) is 0 Å². The number of benzene rings is 1. The molecule has 166 valence electrons. The zero-order valence-corrected chi connectivity index (χ0v) is 18.4. The van der Waals surface area contributed by atoms with Gasteiger partial charge in [-0.05, 0) is 77.6 Å². The number of carbonyl (C=O) groups excluding carboxylic acids is 3. The molecule has 0 bridgehead atoms. The van der Waals surface area contributed by atoms with Gasteiger partial charge in [0.05, 0.1) is 0 Å². The molecule has 7 nitrogen and oxygen atoms in total. The SMILES string of the molecule is CC(C)NC(=O)[C@H](NC(=O)c1ccc(F)cc1)C1CCN(C(=O)NC(C)(C)C)CC1. The summed E-state index contributed by atoms with van der Waals surface area (Å²) in [7, 11) is 0. The van der Waals surface area contributed by atoms with Gasteiger partial charge in [-0.1, -0.05) is 0 Å². The molecule has 1 aromatic carbocycles. The van der Waals surface area contributed by atoms with Crippen molar-refractivity contribution in [3.8, 4) is 0 Å². The van der Waals surface area contributed by atoms with E-state index in [4.69, 9.17) is 0 Å². The van der Waals surface area contributed by atoms with Crippen molar-refractivity contribution in [2.75, 3.05) is 13.1 Å². The summed E-state index contributed by atoms with van der Waals surface area (Å²) in [4.78, 5) is 39.6. The summed E-state index contributed by atoms with van der Waals surface area (Å²) in [5, 5.41) is 8.63. The van der Waals surface area contributed by atoms with Crippen molar-refractivity contribution in [3.63, 3.8) is 0 Å². The highest BCUT2D eigenvalue weighted by Gasteiger charge is 2.34. The highest BCUT2D eigenvalue weighted by atomic mass is 19.1. The summed E-state index contributed by atoms with van der Waals surface area (Å²) in [5.41, 5.74) is -0.0303. The van der Waals surface area contributed by atoms with E-state index in [2.05, 4.69) is 16.0 Å². The smallest absolute Gasteiger partial charge is 0.317 e. The Labute approximate surface area is 177 Å². The average molecular weight is 421 g/mol. The van der Waals surface area contributed by atoms with Crippen molar-refractivity contribution in [1.29, 1.82) is 0 Å². The average Bonchev–Trinajstić information content (AvgIpc) is 2.64. The molecule has 0 saturated carbocycles. The molecule has 0 aliphatic carbocycles. The predicted octanol–water partition coefficient (Wildman–Crippen LogP) is 2.67. The molecule has 1 aliphatic heterocycles. The van der Waals surface area contributed by atoms with Gasteiger partial charge in [-0.2, -0.15) is 0 Å². The number of amides is 4. The number of nitrogens with zero attached hydrogens (tertiary/aromatic N) is 1. The molecule has 0 spiro atoms. The van der Waals surface area contributed by atoms with Crippen LogP contribution in [0, 0.1) is 11.7 Å². The largest absolute Gasteiger partial charge is 0.352 e. The zero-order chi connectivity index (χ0) is 22.5. The first-order valence-electron chi connectivity index (χ1n) is 10.4. The maximum Gasteiger partial charge on any atom is 0.317 e. The minimum absolute atomic E-state index is 0.0691. The van der Waals surface area contributed by atoms with Gasteiger partial charge in [0.1, 0.15) is 11.9 Å². The first-order chi connectivity index (χ1) is 14.0. The molecule has 30 heavy (non-hydrogen) atoms. The topological polar surface area (TPSA) is 90.5 Å².